The SMILES string of the molecule is COc1cc2nn(C3CC4(CCN(C(=O)C5CCC(CN)CC5)CC4)C3)cc2cc1NC(=O)c1cccc(C(F)(F)F)n1. The number of piperidine rings is 1. The molecular weight excluding hydrogens is 561 g/mol. The van der Waals surface area contributed by atoms with E-state index in [9.17, 15) is 22.8 Å². The molecule has 3 N–H and O–H groups in total. The van der Waals surface area contributed by atoms with Crippen molar-refractivity contribution in [2.75, 3.05) is 32.1 Å². The van der Waals surface area contributed by atoms with Crippen LogP contribution in [0.5, 0.6) is 5.75 Å². The quantitative estimate of drug-likeness (QED) is 0.392. The van der Waals surface area contributed by atoms with Crippen LogP contribution in [0.3, 0.4) is 0 Å². The maximum atomic E-state index is 13.1. The fourth-order valence-electron chi connectivity index (χ4n) is 7.07. The van der Waals surface area contributed by atoms with Gasteiger partial charge in [-0.2, -0.15) is 18.3 Å². The first-order valence-corrected chi connectivity index (χ1v) is 15.0. The number of likely N-dealkylation sites (tertiary alicyclic amines) is 1. The van der Waals surface area contributed by atoms with Gasteiger partial charge in [-0.1, -0.05) is 6.07 Å². The lowest BCUT2D eigenvalue weighted by atomic mass is 9.60. The molecule has 1 aliphatic heterocycles. The molecule has 0 unspecified atom stereocenters. The van der Waals surface area contributed by atoms with E-state index in [-0.39, 0.29) is 23.1 Å². The van der Waals surface area contributed by atoms with E-state index in [0.717, 1.165) is 82.0 Å². The van der Waals surface area contributed by atoms with Crippen molar-refractivity contribution in [3.8, 4) is 5.75 Å². The Kier molecular flexibility index (Phi) is 7.82. The molecule has 6 rings (SSSR count). The van der Waals surface area contributed by atoms with Gasteiger partial charge in [0.2, 0.25) is 5.91 Å². The summed E-state index contributed by atoms with van der Waals surface area (Å²) in [5.74, 6) is 0.602. The standard InChI is InChI=1S/C31H37F3N6O3/c1-43-26-14-24-21(13-25(26)37-28(41)23-3-2-4-27(36-23)31(32,33)34)18-40(38-24)22-15-30(16-22)9-11-39(12-10-30)29(42)20-7-5-19(17-35)6-8-20/h2-4,13-14,18-20,22H,5-12,15-17,35H2,1H3,(H,37,41). The van der Waals surface area contributed by atoms with Crippen molar-refractivity contribution in [2.45, 2.75) is 63.6 Å². The van der Waals surface area contributed by atoms with E-state index in [0.29, 0.717) is 35.3 Å². The van der Waals surface area contributed by atoms with Crippen molar-refractivity contribution in [1.82, 2.24) is 19.7 Å². The van der Waals surface area contributed by atoms with Crippen LogP contribution in [0.25, 0.3) is 10.9 Å². The number of rotatable bonds is 6. The molecule has 2 amide bonds. The van der Waals surface area contributed by atoms with Gasteiger partial charge in [-0.05, 0) is 87.4 Å². The minimum atomic E-state index is -4.65. The molecule has 3 fully saturated rings. The van der Waals surface area contributed by atoms with Gasteiger partial charge in [0.15, 0.2) is 0 Å². The second-order valence-electron chi connectivity index (χ2n) is 12.4. The zero-order chi connectivity index (χ0) is 30.4. The summed E-state index contributed by atoms with van der Waals surface area (Å²) in [5.41, 5.74) is 5.57. The fourth-order valence-corrected chi connectivity index (χ4v) is 7.07. The Morgan fingerprint density at radius 3 is 2.49 bits per heavy atom. The third kappa shape index (κ3) is 5.93. The van der Waals surface area contributed by atoms with Crippen molar-refractivity contribution in [3.63, 3.8) is 0 Å². The van der Waals surface area contributed by atoms with Crippen molar-refractivity contribution < 1.29 is 27.5 Å². The summed E-state index contributed by atoms with van der Waals surface area (Å²) in [6, 6.07) is 6.86. The highest BCUT2D eigenvalue weighted by Crippen LogP contribution is 2.55. The normalized spacial score (nSPS) is 22.4. The number of aromatic nitrogens is 3. The van der Waals surface area contributed by atoms with E-state index >= 15 is 0 Å². The summed E-state index contributed by atoms with van der Waals surface area (Å²) in [6.07, 6.45) is 5.28. The number of methoxy groups -OCH3 is 1. The van der Waals surface area contributed by atoms with Crippen LogP contribution in [0.4, 0.5) is 18.9 Å². The summed E-state index contributed by atoms with van der Waals surface area (Å²) < 4.78 is 46.6. The number of amides is 2. The van der Waals surface area contributed by atoms with Gasteiger partial charge in [0.1, 0.15) is 17.1 Å². The topological polar surface area (TPSA) is 115 Å². The van der Waals surface area contributed by atoms with Crippen molar-refractivity contribution in [1.29, 1.82) is 0 Å². The van der Waals surface area contributed by atoms with Crippen LogP contribution in [0.1, 0.15) is 73.6 Å². The van der Waals surface area contributed by atoms with Gasteiger partial charge in [0.25, 0.3) is 5.91 Å². The fraction of sp³-hybridized carbons (Fsp3) is 0.548. The van der Waals surface area contributed by atoms with Gasteiger partial charge in [0.05, 0.1) is 24.4 Å². The van der Waals surface area contributed by atoms with Gasteiger partial charge in [0, 0.05) is 36.7 Å². The second kappa shape index (κ2) is 11.4. The molecule has 1 spiro atoms. The lowest BCUT2D eigenvalue weighted by Gasteiger charge is -2.52. The number of ether oxygens (including phenoxy) is 1. The largest absolute Gasteiger partial charge is 0.494 e. The number of pyridine rings is 1. The van der Waals surface area contributed by atoms with E-state index in [1.165, 1.54) is 13.2 Å². The Balaban J connectivity index is 1.08. The molecule has 0 atom stereocenters. The molecule has 3 aromatic rings. The number of halogens is 3. The van der Waals surface area contributed by atoms with Gasteiger partial charge < -0.3 is 20.7 Å². The summed E-state index contributed by atoms with van der Waals surface area (Å²) in [4.78, 5) is 31.4. The first kappa shape index (κ1) is 29.4. The van der Waals surface area contributed by atoms with E-state index in [4.69, 9.17) is 15.6 Å². The average molecular weight is 599 g/mol. The number of nitrogens with one attached hydrogen (secondary N) is 1. The third-order valence-electron chi connectivity index (χ3n) is 9.74. The first-order valence-electron chi connectivity index (χ1n) is 15.0. The monoisotopic (exact) mass is 598 g/mol. The highest BCUT2D eigenvalue weighted by atomic mass is 19.4. The van der Waals surface area contributed by atoms with Gasteiger partial charge in [-0.25, -0.2) is 4.98 Å². The summed E-state index contributed by atoms with van der Waals surface area (Å²) >= 11 is 0. The number of hydrogen-bond donors (Lipinski definition) is 2. The molecule has 2 aromatic heterocycles. The number of carbonyl (C=O) groups is 2. The van der Waals surface area contributed by atoms with Crippen LogP contribution in [-0.2, 0) is 11.0 Å². The van der Waals surface area contributed by atoms with Crippen LogP contribution in [0.15, 0.2) is 36.5 Å². The maximum absolute atomic E-state index is 13.1. The number of fused-ring (bicyclic) bond motifs is 1. The minimum absolute atomic E-state index is 0.149. The molecule has 1 saturated heterocycles. The predicted octanol–water partition coefficient (Wildman–Crippen LogP) is 5.42. The summed E-state index contributed by atoms with van der Waals surface area (Å²) in [5, 5.41) is 8.18. The molecule has 2 aliphatic carbocycles. The van der Waals surface area contributed by atoms with Crippen LogP contribution in [0, 0.1) is 17.3 Å². The molecule has 3 heterocycles. The van der Waals surface area contributed by atoms with Gasteiger partial charge >= 0.3 is 6.18 Å². The first-order chi connectivity index (χ1) is 20.6. The van der Waals surface area contributed by atoms with Crippen molar-refractivity contribution in [2.24, 2.45) is 23.0 Å². The second-order valence-corrected chi connectivity index (χ2v) is 12.4. The average Bonchev–Trinajstić information content (AvgIpc) is 3.41. The highest BCUT2D eigenvalue weighted by Gasteiger charge is 2.48. The number of alkyl halides is 3. The molecule has 12 heteroatoms. The molecule has 230 valence electrons. The lowest BCUT2D eigenvalue weighted by Crippen LogP contribution is -2.50. The van der Waals surface area contributed by atoms with Gasteiger partial charge in [-0.3, -0.25) is 14.3 Å². The highest BCUT2D eigenvalue weighted by molar-refractivity contribution is 6.05. The minimum Gasteiger partial charge on any atom is -0.494 e. The Morgan fingerprint density at radius 1 is 1.12 bits per heavy atom. The number of anilines is 1. The number of nitrogens with zero attached hydrogens (tertiary/aromatic N) is 4. The van der Waals surface area contributed by atoms with Crippen LogP contribution in [-0.4, -0.2) is 58.2 Å². The van der Waals surface area contributed by atoms with Crippen LogP contribution >= 0.6 is 0 Å². The van der Waals surface area contributed by atoms with Crippen molar-refractivity contribution >= 4 is 28.4 Å². The number of benzene rings is 1. The zero-order valence-corrected chi connectivity index (χ0v) is 24.2. The lowest BCUT2D eigenvalue weighted by molar-refractivity contribution is -0.141. The number of carbonyl (C=O) groups excluding carboxylic acids is 2. The molecule has 9 nitrogen and oxygen atoms in total. The van der Waals surface area contributed by atoms with Crippen LogP contribution < -0.4 is 15.8 Å². The molecule has 43 heavy (non-hydrogen) atoms. The number of nitrogens with two attached hydrogens (primary N) is 1. The summed E-state index contributed by atoms with van der Waals surface area (Å²) in [6.45, 7) is 2.33. The third-order valence-corrected chi connectivity index (χ3v) is 9.74. The number of hydrogen-bond acceptors (Lipinski definition) is 6. The van der Waals surface area contributed by atoms with Crippen molar-refractivity contribution in [3.05, 3.63) is 47.9 Å². The molecule has 0 bridgehead atoms. The van der Waals surface area contributed by atoms with Crippen LogP contribution in [0.2, 0.25) is 0 Å². The van der Waals surface area contributed by atoms with E-state index in [1.807, 2.05) is 10.9 Å². The molecular formula is C31H37F3N6O3. The predicted molar refractivity (Wildman–Crippen MR) is 154 cm³/mol. The molecule has 3 aliphatic rings. The van der Waals surface area contributed by atoms with E-state index < -0.39 is 17.8 Å². The Bertz CT molecular complexity index is 1500. The molecule has 0 radical (unpaired) electrons. The smallest absolute Gasteiger partial charge is 0.433 e. The zero-order valence-electron chi connectivity index (χ0n) is 24.2. The summed E-state index contributed by atoms with van der Waals surface area (Å²) in [7, 11) is 1.45. The molecule has 1 aromatic carbocycles. The van der Waals surface area contributed by atoms with E-state index in [2.05, 4.69) is 15.2 Å². The Morgan fingerprint density at radius 2 is 1.84 bits per heavy atom. The Hall–Kier alpha value is -3.67. The Labute approximate surface area is 247 Å². The van der Waals surface area contributed by atoms with E-state index in [1.54, 1.807) is 12.1 Å². The molecule has 2 saturated carbocycles. The maximum Gasteiger partial charge on any atom is 0.433 e. The van der Waals surface area contributed by atoms with Gasteiger partial charge in [-0.15, -0.1) is 0 Å².